The van der Waals surface area contributed by atoms with Crippen molar-refractivity contribution in [3.05, 3.63) is 144 Å². The number of thiazole rings is 1. The van der Waals surface area contributed by atoms with E-state index in [0.717, 1.165) is 54.3 Å². The van der Waals surface area contributed by atoms with Crippen molar-refractivity contribution in [1.29, 1.82) is 5.26 Å². The molecule has 3 nitrogen and oxygen atoms in total. The zero-order valence-electron chi connectivity index (χ0n) is 25.5. The fourth-order valence-corrected chi connectivity index (χ4v) is 6.81. The zero-order chi connectivity index (χ0) is 31.0. The monoisotopic (exact) mass is 597 g/mol. The first kappa shape index (κ1) is 28.4. The highest BCUT2D eigenvalue weighted by molar-refractivity contribution is 7.21. The summed E-state index contributed by atoms with van der Waals surface area (Å²) < 4.78 is 1.14. The Hall–Kier alpha value is -5.37. The molecular weight excluding hydrogens is 567 g/mol. The van der Waals surface area contributed by atoms with Crippen LogP contribution < -0.4 is 0 Å². The molecule has 0 radical (unpaired) electrons. The van der Waals surface area contributed by atoms with Crippen LogP contribution in [-0.4, -0.2) is 11.2 Å². The molecule has 0 aliphatic rings. The molecule has 0 saturated heterocycles. The average Bonchev–Trinajstić information content (AvgIpc) is 3.52. The first-order valence-corrected chi connectivity index (χ1v) is 15.9. The van der Waals surface area contributed by atoms with E-state index in [-0.39, 0.29) is 5.41 Å². The van der Waals surface area contributed by atoms with E-state index < -0.39 is 0 Å². The Labute approximate surface area is 267 Å². The van der Waals surface area contributed by atoms with E-state index in [2.05, 4.69) is 124 Å². The number of aliphatic imine (C=N–C) groups is 1. The minimum atomic E-state index is 0.0791. The topological polar surface area (TPSA) is 49.0 Å². The average molecular weight is 598 g/mol. The molecule has 0 aliphatic heterocycles. The van der Waals surface area contributed by atoms with Crippen LogP contribution in [0.5, 0.6) is 0 Å². The minimum Gasteiger partial charge on any atom is -0.256 e. The molecule has 4 heteroatoms. The van der Waals surface area contributed by atoms with Crippen molar-refractivity contribution in [2.75, 3.05) is 0 Å². The molecule has 1 heterocycles. The van der Waals surface area contributed by atoms with Gasteiger partial charge in [-0.2, -0.15) is 5.26 Å². The smallest absolute Gasteiger partial charge is 0.126 e. The normalized spacial score (nSPS) is 11.8. The summed E-state index contributed by atoms with van der Waals surface area (Å²) in [5.41, 5.74) is 10.5. The Morgan fingerprint density at radius 2 is 1.38 bits per heavy atom. The van der Waals surface area contributed by atoms with Gasteiger partial charge in [-0.3, -0.25) is 4.99 Å². The van der Waals surface area contributed by atoms with Gasteiger partial charge < -0.3 is 0 Å². The van der Waals surface area contributed by atoms with E-state index in [4.69, 9.17) is 9.98 Å². The third-order valence-electron chi connectivity index (χ3n) is 8.20. The number of hydrogen-bond acceptors (Lipinski definition) is 4. The van der Waals surface area contributed by atoms with Crippen LogP contribution in [0.15, 0.2) is 132 Å². The maximum absolute atomic E-state index is 9.25. The van der Waals surface area contributed by atoms with Gasteiger partial charge in [0.05, 0.1) is 27.5 Å². The molecule has 0 saturated carbocycles. The van der Waals surface area contributed by atoms with E-state index in [9.17, 15) is 5.26 Å². The van der Waals surface area contributed by atoms with Gasteiger partial charge in [-0.25, -0.2) is 4.98 Å². The second kappa shape index (κ2) is 11.6. The van der Waals surface area contributed by atoms with E-state index >= 15 is 0 Å². The summed E-state index contributed by atoms with van der Waals surface area (Å²) in [6, 6.07) is 46.2. The SMILES string of the molecule is CC(C)(C)c1cccc(C=Nc2ccccc2-c2nc3c(-c4ccc(-c5ccc(C#N)cc5)c5ccccc45)cccc3s2)c1. The highest BCUT2D eigenvalue weighted by Crippen LogP contribution is 2.42. The molecular formula is C41H31N3S. The third kappa shape index (κ3) is 5.55. The number of rotatable bonds is 5. The molecule has 0 bridgehead atoms. The van der Waals surface area contributed by atoms with Crippen LogP contribution in [-0.2, 0) is 5.41 Å². The predicted octanol–water partition coefficient (Wildman–Crippen LogP) is 11.4. The summed E-state index contributed by atoms with van der Waals surface area (Å²) >= 11 is 1.70. The van der Waals surface area contributed by atoms with Crippen molar-refractivity contribution >= 4 is 44.2 Å². The van der Waals surface area contributed by atoms with Crippen molar-refractivity contribution in [2.24, 2.45) is 4.99 Å². The van der Waals surface area contributed by atoms with Crippen molar-refractivity contribution in [3.8, 4) is 38.9 Å². The van der Waals surface area contributed by atoms with Crippen LogP contribution in [0.25, 0.3) is 53.8 Å². The molecule has 1 aromatic heterocycles. The lowest BCUT2D eigenvalue weighted by Crippen LogP contribution is -2.11. The largest absolute Gasteiger partial charge is 0.256 e. The van der Waals surface area contributed by atoms with Gasteiger partial charge in [-0.05, 0) is 80.4 Å². The summed E-state index contributed by atoms with van der Waals surface area (Å²) in [5, 5.41) is 12.5. The summed E-state index contributed by atoms with van der Waals surface area (Å²) in [4.78, 5) is 10.2. The van der Waals surface area contributed by atoms with Gasteiger partial charge in [0.25, 0.3) is 0 Å². The van der Waals surface area contributed by atoms with Crippen molar-refractivity contribution in [1.82, 2.24) is 4.98 Å². The number of fused-ring (bicyclic) bond motifs is 2. The molecule has 7 aromatic rings. The Morgan fingerprint density at radius 1 is 0.689 bits per heavy atom. The Kier molecular flexibility index (Phi) is 7.33. The standard InChI is InChI=1S/C41H31N3S/c1-41(2,3)30-11-8-10-28(24-30)26-43-37-16-7-6-14-36(37)40-44-39-35(15-9-17-38(39)45-40)34-23-22-31(32-12-4-5-13-33(32)34)29-20-18-27(25-42)19-21-29/h4-24,26H,1-3H3. The summed E-state index contributed by atoms with van der Waals surface area (Å²) in [6.45, 7) is 6.69. The van der Waals surface area contributed by atoms with Crippen molar-refractivity contribution < 1.29 is 0 Å². The van der Waals surface area contributed by atoms with Gasteiger partial charge in [0, 0.05) is 17.3 Å². The van der Waals surface area contributed by atoms with Crippen LogP contribution in [0, 0.1) is 11.3 Å². The molecule has 0 aliphatic carbocycles. The van der Waals surface area contributed by atoms with Gasteiger partial charge in [0.15, 0.2) is 0 Å². The summed E-state index contributed by atoms with van der Waals surface area (Å²) in [7, 11) is 0. The lowest BCUT2D eigenvalue weighted by Gasteiger charge is -2.19. The molecule has 0 amide bonds. The Bertz CT molecular complexity index is 2260. The second-order valence-corrected chi connectivity index (χ2v) is 13.2. The first-order chi connectivity index (χ1) is 21.9. The van der Waals surface area contributed by atoms with Gasteiger partial charge in [0.1, 0.15) is 5.01 Å². The van der Waals surface area contributed by atoms with Crippen LogP contribution in [0.1, 0.15) is 37.5 Å². The van der Waals surface area contributed by atoms with Crippen molar-refractivity contribution in [2.45, 2.75) is 26.2 Å². The molecule has 0 N–H and O–H groups in total. The second-order valence-electron chi connectivity index (χ2n) is 12.2. The predicted molar refractivity (Wildman–Crippen MR) is 191 cm³/mol. The Morgan fingerprint density at radius 3 is 2.16 bits per heavy atom. The summed E-state index contributed by atoms with van der Waals surface area (Å²) in [5.74, 6) is 0. The number of hydrogen-bond donors (Lipinski definition) is 0. The maximum atomic E-state index is 9.25. The number of nitriles is 1. The molecule has 0 atom stereocenters. The van der Waals surface area contributed by atoms with E-state index in [1.165, 1.54) is 16.3 Å². The lowest BCUT2D eigenvalue weighted by atomic mass is 9.86. The molecule has 6 aromatic carbocycles. The highest BCUT2D eigenvalue weighted by atomic mass is 32.1. The quantitative estimate of drug-likeness (QED) is 0.185. The fourth-order valence-electron chi connectivity index (χ4n) is 5.79. The molecule has 0 fully saturated rings. The van der Waals surface area contributed by atoms with Gasteiger partial charge in [-0.15, -0.1) is 11.3 Å². The van der Waals surface area contributed by atoms with Crippen LogP contribution >= 0.6 is 11.3 Å². The molecule has 216 valence electrons. The van der Waals surface area contributed by atoms with Gasteiger partial charge in [-0.1, -0.05) is 112 Å². The van der Waals surface area contributed by atoms with Crippen LogP contribution in [0.3, 0.4) is 0 Å². The molecule has 45 heavy (non-hydrogen) atoms. The van der Waals surface area contributed by atoms with E-state index in [0.29, 0.717) is 5.56 Å². The first-order valence-electron chi connectivity index (χ1n) is 15.1. The summed E-state index contributed by atoms with van der Waals surface area (Å²) in [6.07, 6.45) is 1.95. The Balaban J connectivity index is 1.30. The highest BCUT2D eigenvalue weighted by Gasteiger charge is 2.17. The zero-order valence-corrected chi connectivity index (χ0v) is 26.3. The van der Waals surface area contributed by atoms with Gasteiger partial charge >= 0.3 is 0 Å². The number of para-hydroxylation sites is 2. The lowest BCUT2D eigenvalue weighted by molar-refractivity contribution is 0.590. The maximum Gasteiger partial charge on any atom is 0.126 e. The number of aromatic nitrogens is 1. The van der Waals surface area contributed by atoms with Crippen LogP contribution in [0.4, 0.5) is 5.69 Å². The van der Waals surface area contributed by atoms with E-state index in [1.807, 2.05) is 36.5 Å². The van der Waals surface area contributed by atoms with Crippen molar-refractivity contribution in [3.63, 3.8) is 0 Å². The molecule has 0 spiro atoms. The number of benzene rings is 6. The van der Waals surface area contributed by atoms with E-state index in [1.54, 1.807) is 11.3 Å². The molecule has 0 unspecified atom stereocenters. The van der Waals surface area contributed by atoms with Gasteiger partial charge in [0.2, 0.25) is 0 Å². The van der Waals surface area contributed by atoms with Crippen LogP contribution in [0.2, 0.25) is 0 Å². The fraction of sp³-hybridized carbons (Fsp3) is 0.0976. The minimum absolute atomic E-state index is 0.0791. The third-order valence-corrected chi connectivity index (χ3v) is 9.25. The molecule has 7 rings (SSSR count). The number of nitrogens with zero attached hydrogens (tertiary/aromatic N) is 3.